The van der Waals surface area contributed by atoms with Crippen LogP contribution in [0.25, 0.3) is 27.9 Å². The summed E-state index contributed by atoms with van der Waals surface area (Å²) in [5, 5.41) is 13.1. The van der Waals surface area contributed by atoms with E-state index in [2.05, 4.69) is 31.3 Å². The molecule has 8 nitrogen and oxygen atoms in total. The van der Waals surface area contributed by atoms with Crippen molar-refractivity contribution in [1.82, 2.24) is 29.5 Å². The molecule has 0 unspecified atom stereocenters. The summed E-state index contributed by atoms with van der Waals surface area (Å²) in [6.07, 6.45) is 3.07. The van der Waals surface area contributed by atoms with Crippen LogP contribution in [0.4, 0.5) is 5.82 Å². The van der Waals surface area contributed by atoms with Crippen LogP contribution in [0.3, 0.4) is 0 Å². The van der Waals surface area contributed by atoms with Gasteiger partial charge in [0.1, 0.15) is 23.7 Å². The average Bonchev–Trinajstić information content (AvgIpc) is 3.39. The number of para-hydroxylation sites is 2. The number of H-pyrrole nitrogens is 1. The van der Waals surface area contributed by atoms with E-state index in [4.69, 9.17) is 4.98 Å². The molecular weight excluding hydrogens is 364 g/mol. The van der Waals surface area contributed by atoms with Crippen LogP contribution < -0.4 is 5.32 Å². The Labute approximate surface area is 165 Å². The monoisotopic (exact) mass is 380 g/mol. The number of benzene rings is 2. The van der Waals surface area contributed by atoms with Crippen LogP contribution in [0.1, 0.15) is 24.4 Å². The first-order valence-electron chi connectivity index (χ1n) is 9.14. The molecule has 2 aromatic carbocycles. The maximum absolute atomic E-state index is 9.65. The molecule has 0 spiro atoms. The zero-order valence-electron chi connectivity index (χ0n) is 15.5. The Bertz CT molecular complexity index is 1360. The Kier molecular flexibility index (Phi) is 3.92. The van der Waals surface area contributed by atoms with Gasteiger partial charge in [-0.15, -0.1) is 0 Å². The smallest absolute Gasteiger partial charge is 0.182 e. The minimum absolute atomic E-state index is 0.199. The van der Waals surface area contributed by atoms with Gasteiger partial charge in [0.05, 0.1) is 29.0 Å². The molecule has 0 saturated carbocycles. The lowest BCUT2D eigenvalue weighted by Crippen LogP contribution is -2.14. The van der Waals surface area contributed by atoms with Gasteiger partial charge in [-0.05, 0) is 31.2 Å². The molecule has 2 N–H and O–H groups in total. The highest BCUT2D eigenvalue weighted by Gasteiger charge is 2.21. The van der Waals surface area contributed by atoms with E-state index in [0.717, 1.165) is 28.1 Å². The number of fused-ring (bicyclic) bond motifs is 2. The SMILES string of the molecule is C[C@H](Nc1ncnc2nc[nH]c12)c1nc2cccc(C#N)c2n1-c1ccccc1. The van der Waals surface area contributed by atoms with E-state index in [-0.39, 0.29) is 6.04 Å². The predicted molar refractivity (Wildman–Crippen MR) is 110 cm³/mol. The highest BCUT2D eigenvalue weighted by molar-refractivity contribution is 5.85. The normalized spacial score (nSPS) is 12.1. The van der Waals surface area contributed by atoms with Gasteiger partial charge < -0.3 is 10.3 Å². The Morgan fingerprint density at radius 2 is 1.93 bits per heavy atom. The number of hydrogen-bond acceptors (Lipinski definition) is 6. The summed E-state index contributed by atoms with van der Waals surface area (Å²) >= 11 is 0. The summed E-state index contributed by atoms with van der Waals surface area (Å²) in [5.41, 5.74) is 4.41. The molecule has 0 saturated heterocycles. The summed E-state index contributed by atoms with van der Waals surface area (Å²) in [6, 6.07) is 17.6. The largest absolute Gasteiger partial charge is 0.358 e. The second-order valence-corrected chi connectivity index (χ2v) is 6.62. The Morgan fingerprint density at radius 1 is 1.07 bits per heavy atom. The maximum Gasteiger partial charge on any atom is 0.182 e. The van der Waals surface area contributed by atoms with Gasteiger partial charge >= 0.3 is 0 Å². The van der Waals surface area contributed by atoms with Gasteiger partial charge in [-0.2, -0.15) is 5.26 Å². The molecule has 8 heteroatoms. The molecule has 5 aromatic rings. The summed E-state index contributed by atoms with van der Waals surface area (Å²) in [6.45, 7) is 2.01. The molecule has 0 fully saturated rings. The van der Waals surface area contributed by atoms with Gasteiger partial charge in [-0.3, -0.25) is 4.57 Å². The first-order chi connectivity index (χ1) is 14.3. The molecule has 3 aromatic heterocycles. The fourth-order valence-corrected chi connectivity index (χ4v) is 3.51. The van der Waals surface area contributed by atoms with Crippen molar-refractivity contribution in [3.8, 4) is 11.8 Å². The molecule has 140 valence electrons. The number of aromatic amines is 1. The summed E-state index contributed by atoms with van der Waals surface area (Å²) in [4.78, 5) is 20.6. The number of nitrogens with one attached hydrogen (secondary N) is 2. The molecule has 1 atom stereocenters. The minimum atomic E-state index is -0.199. The van der Waals surface area contributed by atoms with Crippen LogP contribution in [-0.4, -0.2) is 29.5 Å². The topological polar surface area (TPSA) is 108 Å². The zero-order chi connectivity index (χ0) is 19.8. The molecule has 0 aliphatic carbocycles. The number of aromatic nitrogens is 6. The zero-order valence-corrected chi connectivity index (χ0v) is 15.5. The fourth-order valence-electron chi connectivity index (χ4n) is 3.51. The van der Waals surface area contributed by atoms with E-state index in [1.165, 1.54) is 6.33 Å². The molecular formula is C21H16N8. The number of anilines is 1. The number of hydrogen-bond donors (Lipinski definition) is 2. The maximum atomic E-state index is 9.65. The van der Waals surface area contributed by atoms with Crippen LogP contribution in [0.2, 0.25) is 0 Å². The van der Waals surface area contributed by atoms with Crippen LogP contribution in [0, 0.1) is 11.3 Å². The van der Waals surface area contributed by atoms with Crippen LogP contribution in [0.15, 0.2) is 61.2 Å². The average molecular weight is 380 g/mol. The van der Waals surface area contributed by atoms with Crippen molar-refractivity contribution in [2.24, 2.45) is 0 Å². The van der Waals surface area contributed by atoms with E-state index in [9.17, 15) is 5.26 Å². The molecule has 0 bridgehead atoms. The number of rotatable bonds is 4. The quantitative estimate of drug-likeness (QED) is 0.492. The van der Waals surface area contributed by atoms with Gasteiger partial charge in [-0.1, -0.05) is 24.3 Å². The Balaban J connectivity index is 1.68. The van der Waals surface area contributed by atoms with Gasteiger partial charge in [0.15, 0.2) is 11.5 Å². The van der Waals surface area contributed by atoms with Crippen LogP contribution in [0.5, 0.6) is 0 Å². The first-order valence-corrected chi connectivity index (χ1v) is 9.14. The summed E-state index contributed by atoms with van der Waals surface area (Å²) < 4.78 is 2.02. The standard InChI is InChI=1S/C21H16N8/c1-13(27-20-17-19(24-11-23-17)25-12-26-20)21-28-16-9-5-6-14(10-22)18(16)29(21)15-7-3-2-4-8-15/h2-9,11-13H,1H3,(H2,23,24,25,26,27)/t13-/m0/s1. The van der Waals surface area contributed by atoms with Gasteiger partial charge in [0.25, 0.3) is 0 Å². The molecule has 0 radical (unpaired) electrons. The number of nitrogens with zero attached hydrogens (tertiary/aromatic N) is 6. The van der Waals surface area contributed by atoms with Gasteiger partial charge in [0.2, 0.25) is 0 Å². The molecule has 0 aliphatic heterocycles. The molecule has 5 rings (SSSR count). The Morgan fingerprint density at radius 3 is 2.76 bits per heavy atom. The third-order valence-electron chi connectivity index (χ3n) is 4.80. The van der Waals surface area contributed by atoms with E-state index in [0.29, 0.717) is 17.0 Å². The van der Waals surface area contributed by atoms with Crippen LogP contribution in [-0.2, 0) is 0 Å². The molecule has 0 amide bonds. The molecule has 29 heavy (non-hydrogen) atoms. The van der Waals surface area contributed by atoms with Crippen LogP contribution >= 0.6 is 0 Å². The van der Waals surface area contributed by atoms with Crippen molar-refractivity contribution < 1.29 is 0 Å². The van der Waals surface area contributed by atoms with E-state index in [1.54, 1.807) is 6.33 Å². The Hall–Kier alpha value is -4.25. The highest BCUT2D eigenvalue weighted by Crippen LogP contribution is 2.29. The third-order valence-corrected chi connectivity index (χ3v) is 4.80. The fraction of sp³-hybridized carbons (Fsp3) is 0.0952. The molecule has 3 heterocycles. The van der Waals surface area contributed by atoms with Crippen molar-refractivity contribution in [3.63, 3.8) is 0 Å². The van der Waals surface area contributed by atoms with E-state index in [1.807, 2.05) is 60.0 Å². The van der Waals surface area contributed by atoms with Crippen molar-refractivity contribution >= 4 is 28.0 Å². The summed E-state index contributed by atoms with van der Waals surface area (Å²) in [7, 11) is 0. The lowest BCUT2D eigenvalue weighted by atomic mass is 10.2. The van der Waals surface area contributed by atoms with Crippen molar-refractivity contribution in [3.05, 3.63) is 72.6 Å². The number of imidazole rings is 2. The van der Waals surface area contributed by atoms with Crippen molar-refractivity contribution in [2.75, 3.05) is 5.32 Å². The predicted octanol–water partition coefficient (Wildman–Crippen LogP) is 3.74. The lowest BCUT2D eigenvalue weighted by molar-refractivity contribution is 0.769. The lowest BCUT2D eigenvalue weighted by Gasteiger charge is -2.17. The van der Waals surface area contributed by atoms with Crippen molar-refractivity contribution in [1.29, 1.82) is 5.26 Å². The number of nitriles is 1. The van der Waals surface area contributed by atoms with Crippen molar-refractivity contribution in [2.45, 2.75) is 13.0 Å². The van der Waals surface area contributed by atoms with Gasteiger partial charge in [0, 0.05) is 5.69 Å². The summed E-state index contributed by atoms with van der Waals surface area (Å²) in [5.74, 6) is 1.42. The van der Waals surface area contributed by atoms with E-state index >= 15 is 0 Å². The van der Waals surface area contributed by atoms with E-state index < -0.39 is 0 Å². The molecule has 0 aliphatic rings. The highest BCUT2D eigenvalue weighted by atomic mass is 15.2. The minimum Gasteiger partial charge on any atom is -0.358 e. The first kappa shape index (κ1) is 16.9. The second kappa shape index (κ2) is 6.73. The third kappa shape index (κ3) is 2.76. The second-order valence-electron chi connectivity index (χ2n) is 6.62. The van der Waals surface area contributed by atoms with Gasteiger partial charge in [-0.25, -0.2) is 19.9 Å².